The summed E-state index contributed by atoms with van der Waals surface area (Å²) in [6.45, 7) is 4.30. The van der Waals surface area contributed by atoms with Crippen LogP contribution in [0.5, 0.6) is 0 Å². The van der Waals surface area contributed by atoms with Crippen LogP contribution in [0.4, 0.5) is 0 Å². The predicted octanol–water partition coefficient (Wildman–Crippen LogP) is 3.80. The van der Waals surface area contributed by atoms with Crippen LogP contribution in [0.25, 0.3) is 11.4 Å². The summed E-state index contributed by atoms with van der Waals surface area (Å²) in [4.78, 5) is 8.78. The molecular formula is C19H22N4O3S2. The molecule has 0 N–H and O–H groups in total. The molecule has 28 heavy (non-hydrogen) atoms. The smallest absolute Gasteiger partial charge is 0.244 e. The Morgan fingerprint density at radius 1 is 1.11 bits per heavy atom. The first-order valence-electron chi connectivity index (χ1n) is 8.71. The van der Waals surface area contributed by atoms with Gasteiger partial charge in [-0.15, -0.1) is 0 Å². The minimum Gasteiger partial charge on any atom is -0.338 e. The van der Waals surface area contributed by atoms with E-state index in [0.29, 0.717) is 28.4 Å². The van der Waals surface area contributed by atoms with Crippen molar-refractivity contribution in [3.8, 4) is 11.4 Å². The van der Waals surface area contributed by atoms with Gasteiger partial charge in [-0.05, 0) is 23.6 Å². The number of thioether (sulfide) groups is 1. The summed E-state index contributed by atoms with van der Waals surface area (Å²) in [5.41, 5.74) is 2.16. The third-order valence-corrected chi connectivity index (χ3v) is 6.86. The van der Waals surface area contributed by atoms with Crippen LogP contribution in [0, 0.1) is 0 Å². The van der Waals surface area contributed by atoms with Gasteiger partial charge in [0.15, 0.2) is 0 Å². The first-order chi connectivity index (χ1) is 13.3. The Kier molecular flexibility index (Phi) is 6.17. The summed E-state index contributed by atoms with van der Waals surface area (Å²) < 4.78 is 30.6. The summed E-state index contributed by atoms with van der Waals surface area (Å²) in [6.07, 6.45) is 1.35. The van der Waals surface area contributed by atoms with Crippen LogP contribution in [0.2, 0.25) is 0 Å². The van der Waals surface area contributed by atoms with Crippen LogP contribution in [-0.2, 0) is 15.8 Å². The SMILES string of the molecule is CC(C)c1ccc(-c2noc(CSc3ccc(S(=O)(=O)N(C)C)cn3)n2)cc1. The molecule has 2 heterocycles. The summed E-state index contributed by atoms with van der Waals surface area (Å²) in [7, 11) is -0.501. The molecule has 0 saturated carbocycles. The fourth-order valence-electron chi connectivity index (χ4n) is 2.40. The molecule has 0 fully saturated rings. The lowest BCUT2D eigenvalue weighted by molar-refractivity contribution is 0.391. The second-order valence-electron chi connectivity index (χ2n) is 6.70. The molecule has 0 amide bonds. The average Bonchev–Trinajstić information content (AvgIpc) is 3.15. The van der Waals surface area contributed by atoms with Crippen LogP contribution in [0.1, 0.15) is 31.2 Å². The monoisotopic (exact) mass is 418 g/mol. The fourth-order valence-corrected chi connectivity index (χ4v) is 3.93. The van der Waals surface area contributed by atoms with E-state index in [4.69, 9.17) is 4.52 Å². The summed E-state index contributed by atoms with van der Waals surface area (Å²) in [5, 5.41) is 4.71. The van der Waals surface area contributed by atoms with E-state index >= 15 is 0 Å². The first-order valence-corrected chi connectivity index (χ1v) is 11.1. The molecule has 9 heteroatoms. The Morgan fingerprint density at radius 2 is 1.82 bits per heavy atom. The summed E-state index contributed by atoms with van der Waals surface area (Å²) >= 11 is 1.40. The largest absolute Gasteiger partial charge is 0.338 e. The summed E-state index contributed by atoms with van der Waals surface area (Å²) in [6, 6.07) is 11.3. The van der Waals surface area contributed by atoms with Crippen LogP contribution in [0.3, 0.4) is 0 Å². The quantitative estimate of drug-likeness (QED) is 0.539. The number of hydrogen-bond donors (Lipinski definition) is 0. The minimum absolute atomic E-state index is 0.159. The molecule has 3 aromatic rings. The normalized spacial score (nSPS) is 12.1. The lowest BCUT2D eigenvalue weighted by Gasteiger charge is -2.10. The van der Waals surface area contributed by atoms with Gasteiger partial charge in [-0.1, -0.05) is 55.0 Å². The lowest BCUT2D eigenvalue weighted by Crippen LogP contribution is -2.22. The van der Waals surface area contributed by atoms with Crippen LogP contribution < -0.4 is 0 Å². The number of sulfonamides is 1. The van der Waals surface area contributed by atoms with E-state index in [-0.39, 0.29) is 4.90 Å². The molecule has 0 spiro atoms. The molecule has 0 unspecified atom stereocenters. The summed E-state index contributed by atoms with van der Waals surface area (Å²) in [5.74, 6) is 1.95. The Labute approximate surface area is 169 Å². The molecular weight excluding hydrogens is 396 g/mol. The zero-order valence-corrected chi connectivity index (χ0v) is 17.8. The standard InChI is InChI=1S/C19H22N4O3S2/c1-13(2)14-5-7-15(8-6-14)19-21-17(26-22-19)12-27-18-10-9-16(11-20-18)28(24,25)23(3)4/h5-11,13H,12H2,1-4H3. The van der Waals surface area contributed by atoms with Gasteiger partial charge >= 0.3 is 0 Å². The van der Waals surface area contributed by atoms with Gasteiger partial charge in [-0.25, -0.2) is 17.7 Å². The van der Waals surface area contributed by atoms with Crippen molar-refractivity contribution in [2.24, 2.45) is 0 Å². The highest BCUT2D eigenvalue weighted by atomic mass is 32.2. The maximum atomic E-state index is 12.1. The first kappa shape index (κ1) is 20.5. The van der Waals surface area contributed by atoms with Gasteiger partial charge in [0.2, 0.25) is 21.7 Å². The van der Waals surface area contributed by atoms with E-state index in [9.17, 15) is 8.42 Å². The number of hydrogen-bond acceptors (Lipinski definition) is 7. The Bertz CT molecular complexity index is 1030. The number of pyridine rings is 1. The third-order valence-electron chi connectivity index (χ3n) is 4.13. The molecule has 148 valence electrons. The number of rotatable bonds is 7. The highest BCUT2D eigenvalue weighted by Gasteiger charge is 2.17. The lowest BCUT2D eigenvalue weighted by atomic mass is 10.0. The van der Waals surface area contributed by atoms with Gasteiger partial charge in [-0.2, -0.15) is 4.98 Å². The molecule has 0 bridgehead atoms. The van der Waals surface area contributed by atoms with E-state index in [2.05, 4.69) is 41.1 Å². The molecule has 7 nitrogen and oxygen atoms in total. The fraction of sp³-hybridized carbons (Fsp3) is 0.316. The number of benzene rings is 1. The maximum Gasteiger partial charge on any atom is 0.244 e. The molecule has 3 rings (SSSR count). The molecule has 0 aliphatic carbocycles. The van der Waals surface area contributed by atoms with Gasteiger partial charge in [0.05, 0.1) is 10.8 Å². The molecule has 2 aromatic heterocycles. The highest BCUT2D eigenvalue weighted by Crippen LogP contribution is 2.24. The van der Waals surface area contributed by atoms with Gasteiger partial charge in [0, 0.05) is 25.9 Å². The van der Waals surface area contributed by atoms with Crippen molar-refractivity contribution in [3.05, 3.63) is 54.0 Å². The van der Waals surface area contributed by atoms with Crippen LogP contribution >= 0.6 is 11.8 Å². The van der Waals surface area contributed by atoms with E-state index in [1.165, 1.54) is 37.6 Å². The van der Waals surface area contributed by atoms with Crippen molar-refractivity contribution in [2.75, 3.05) is 14.1 Å². The number of nitrogens with zero attached hydrogens (tertiary/aromatic N) is 4. The van der Waals surface area contributed by atoms with Crippen molar-refractivity contribution in [3.63, 3.8) is 0 Å². The maximum absolute atomic E-state index is 12.1. The second kappa shape index (κ2) is 8.42. The highest BCUT2D eigenvalue weighted by molar-refractivity contribution is 7.98. The Balaban J connectivity index is 1.64. The van der Waals surface area contributed by atoms with Crippen molar-refractivity contribution in [1.29, 1.82) is 0 Å². The molecule has 0 atom stereocenters. The Hall–Kier alpha value is -2.23. The van der Waals surface area contributed by atoms with Gasteiger partial charge in [0.25, 0.3) is 0 Å². The Morgan fingerprint density at radius 3 is 2.39 bits per heavy atom. The molecule has 0 saturated heterocycles. The average molecular weight is 419 g/mol. The molecule has 0 aliphatic rings. The van der Waals surface area contributed by atoms with E-state index in [0.717, 1.165) is 9.87 Å². The van der Waals surface area contributed by atoms with Crippen LogP contribution in [0.15, 0.2) is 57.0 Å². The van der Waals surface area contributed by atoms with Crippen LogP contribution in [-0.4, -0.2) is 41.9 Å². The third kappa shape index (κ3) is 4.60. The zero-order valence-electron chi connectivity index (χ0n) is 16.2. The number of aromatic nitrogens is 3. The van der Waals surface area contributed by atoms with E-state index in [1.54, 1.807) is 12.1 Å². The van der Waals surface area contributed by atoms with Gasteiger partial charge in [0.1, 0.15) is 4.90 Å². The molecule has 1 aromatic carbocycles. The molecule has 0 radical (unpaired) electrons. The molecule has 0 aliphatic heterocycles. The van der Waals surface area contributed by atoms with Gasteiger partial charge in [-0.3, -0.25) is 0 Å². The van der Waals surface area contributed by atoms with E-state index in [1.807, 2.05) is 12.1 Å². The second-order valence-corrected chi connectivity index (χ2v) is 9.84. The van der Waals surface area contributed by atoms with Crippen molar-refractivity contribution < 1.29 is 12.9 Å². The van der Waals surface area contributed by atoms with Crippen molar-refractivity contribution >= 4 is 21.8 Å². The predicted molar refractivity (Wildman–Crippen MR) is 108 cm³/mol. The van der Waals surface area contributed by atoms with E-state index < -0.39 is 10.0 Å². The zero-order chi connectivity index (χ0) is 20.3. The van der Waals surface area contributed by atoms with Crippen molar-refractivity contribution in [2.45, 2.75) is 35.4 Å². The van der Waals surface area contributed by atoms with Gasteiger partial charge < -0.3 is 4.52 Å². The topological polar surface area (TPSA) is 89.2 Å². The minimum atomic E-state index is -3.48. The van der Waals surface area contributed by atoms with Crippen molar-refractivity contribution in [1.82, 2.24) is 19.4 Å².